The molecule has 0 aliphatic heterocycles. The second-order valence-electron chi connectivity index (χ2n) is 6.88. The maximum Gasteiger partial charge on any atom is 0.233 e. The Hall–Kier alpha value is -3.59. The highest BCUT2D eigenvalue weighted by Gasteiger charge is 2.23. The molecule has 2 aromatic carbocycles. The van der Waals surface area contributed by atoms with Crippen LogP contribution in [0.4, 0.5) is 4.39 Å². The highest BCUT2D eigenvalue weighted by molar-refractivity contribution is 8.00. The number of aromatic nitrogens is 3. The van der Waals surface area contributed by atoms with E-state index < -0.39 is 11.1 Å². The van der Waals surface area contributed by atoms with Gasteiger partial charge in [0, 0.05) is 5.56 Å². The predicted molar refractivity (Wildman–Crippen MR) is 119 cm³/mol. The van der Waals surface area contributed by atoms with Crippen LogP contribution in [-0.4, -0.2) is 33.0 Å². The van der Waals surface area contributed by atoms with Crippen molar-refractivity contribution in [3.8, 4) is 22.8 Å². The first-order chi connectivity index (χ1) is 15.6. The van der Waals surface area contributed by atoms with Crippen molar-refractivity contribution >= 4 is 17.7 Å². The second-order valence-corrected chi connectivity index (χ2v) is 8.19. The Morgan fingerprint density at radius 3 is 2.62 bits per heavy atom. The highest BCUT2D eigenvalue weighted by Crippen LogP contribution is 2.31. The van der Waals surface area contributed by atoms with Gasteiger partial charge < -0.3 is 14.5 Å². The Balaban J connectivity index is 1.63. The molecule has 164 valence electrons. The molecule has 0 radical (unpaired) electrons. The molecule has 0 saturated heterocycles. The summed E-state index contributed by atoms with van der Waals surface area (Å²) in [6.07, 6.45) is 1.55. The van der Waals surface area contributed by atoms with Gasteiger partial charge in [-0.05, 0) is 55.5 Å². The number of hydrogen-bond donors (Lipinski definition) is 1. The number of nitrogens with one attached hydrogen (secondary N) is 1. The van der Waals surface area contributed by atoms with Gasteiger partial charge in [0.05, 0.1) is 30.9 Å². The summed E-state index contributed by atoms with van der Waals surface area (Å²) >= 11 is 1.20. The Morgan fingerprint density at radius 1 is 1.16 bits per heavy atom. The summed E-state index contributed by atoms with van der Waals surface area (Å²) in [4.78, 5) is 12.6. The van der Waals surface area contributed by atoms with E-state index in [0.29, 0.717) is 28.2 Å². The highest BCUT2D eigenvalue weighted by atomic mass is 32.2. The molecule has 32 heavy (non-hydrogen) atoms. The van der Waals surface area contributed by atoms with Crippen LogP contribution in [0.5, 0.6) is 5.75 Å². The van der Waals surface area contributed by atoms with Crippen LogP contribution in [0.3, 0.4) is 0 Å². The van der Waals surface area contributed by atoms with Gasteiger partial charge in [-0.1, -0.05) is 23.9 Å². The molecule has 1 atom stereocenters. The minimum Gasteiger partial charge on any atom is -0.497 e. The van der Waals surface area contributed by atoms with Crippen molar-refractivity contribution in [3.63, 3.8) is 0 Å². The van der Waals surface area contributed by atoms with Crippen LogP contribution in [-0.2, 0) is 11.3 Å². The number of hydrogen-bond acceptors (Lipinski definition) is 6. The number of carbonyl (C=O) groups excluding carboxylic acids is 1. The van der Waals surface area contributed by atoms with Gasteiger partial charge in [0.25, 0.3) is 0 Å². The van der Waals surface area contributed by atoms with E-state index in [2.05, 4.69) is 15.5 Å². The molecule has 0 spiro atoms. The summed E-state index contributed by atoms with van der Waals surface area (Å²) in [5.41, 5.74) is 1.04. The number of carbonyl (C=O) groups is 1. The van der Waals surface area contributed by atoms with Gasteiger partial charge in [0.15, 0.2) is 11.0 Å². The van der Waals surface area contributed by atoms with E-state index in [1.807, 2.05) is 12.1 Å². The van der Waals surface area contributed by atoms with Gasteiger partial charge in [-0.2, -0.15) is 0 Å². The van der Waals surface area contributed by atoms with Crippen LogP contribution >= 0.6 is 11.8 Å². The monoisotopic (exact) mass is 452 g/mol. The van der Waals surface area contributed by atoms with Crippen molar-refractivity contribution in [2.75, 3.05) is 7.11 Å². The topological polar surface area (TPSA) is 82.2 Å². The first-order valence-electron chi connectivity index (χ1n) is 9.88. The molecule has 0 fully saturated rings. The summed E-state index contributed by atoms with van der Waals surface area (Å²) in [6.45, 7) is 2.05. The fourth-order valence-corrected chi connectivity index (χ4v) is 3.95. The molecule has 4 rings (SSSR count). The first-order valence-corrected chi connectivity index (χ1v) is 10.8. The maximum absolute atomic E-state index is 14.7. The lowest BCUT2D eigenvalue weighted by atomic mass is 10.2. The number of amides is 1. The van der Waals surface area contributed by atoms with Gasteiger partial charge in [-0.25, -0.2) is 4.39 Å². The summed E-state index contributed by atoms with van der Waals surface area (Å²) in [5, 5.41) is 11.3. The van der Waals surface area contributed by atoms with Gasteiger partial charge >= 0.3 is 0 Å². The third kappa shape index (κ3) is 4.67. The van der Waals surface area contributed by atoms with Crippen molar-refractivity contribution in [2.45, 2.75) is 23.9 Å². The summed E-state index contributed by atoms with van der Waals surface area (Å²) in [7, 11) is 1.59. The predicted octanol–water partition coefficient (Wildman–Crippen LogP) is 4.47. The number of ether oxygens (including phenoxy) is 1. The van der Waals surface area contributed by atoms with Crippen LogP contribution < -0.4 is 10.1 Å². The summed E-state index contributed by atoms with van der Waals surface area (Å²) in [6, 6.07) is 17.2. The van der Waals surface area contributed by atoms with Crippen molar-refractivity contribution in [2.24, 2.45) is 0 Å². The smallest absolute Gasteiger partial charge is 0.233 e. The third-order valence-corrected chi connectivity index (χ3v) is 5.79. The largest absolute Gasteiger partial charge is 0.497 e. The number of para-hydroxylation sites is 1. The molecular formula is C23H21FN4O3S. The molecule has 0 bridgehead atoms. The minimum atomic E-state index is -0.497. The van der Waals surface area contributed by atoms with Crippen LogP contribution in [0.2, 0.25) is 0 Å². The fourth-order valence-electron chi connectivity index (χ4n) is 3.07. The molecule has 0 aliphatic rings. The lowest BCUT2D eigenvalue weighted by Gasteiger charge is -2.14. The van der Waals surface area contributed by atoms with E-state index in [4.69, 9.17) is 9.15 Å². The third-order valence-electron chi connectivity index (χ3n) is 4.74. The zero-order valence-electron chi connectivity index (χ0n) is 17.5. The number of halogens is 1. The van der Waals surface area contributed by atoms with Crippen LogP contribution in [0, 0.1) is 5.82 Å². The molecule has 7 nitrogen and oxygen atoms in total. The average Bonchev–Trinajstić information content (AvgIpc) is 3.48. The maximum atomic E-state index is 14.7. The van der Waals surface area contributed by atoms with E-state index in [9.17, 15) is 9.18 Å². The Labute approximate surface area is 188 Å². The minimum absolute atomic E-state index is 0.194. The molecule has 4 aromatic rings. The van der Waals surface area contributed by atoms with E-state index in [0.717, 1.165) is 5.56 Å². The molecule has 1 N–H and O–H groups in total. The zero-order valence-corrected chi connectivity index (χ0v) is 18.3. The van der Waals surface area contributed by atoms with Crippen molar-refractivity contribution in [1.82, 2.24) is 20.1 Å². The van der Waals surface area contributed by atoms with Gasteiger partial charge in [-0.3, -0.25) is 9.36 Å². The van der Waals surface area contributed by atoms with Crippen LogP contribution in [0.25, 0.3) is 17.1 Å². The lowest BCUT2D eigenvalue weighted by Crippen LogP contribution is -2.30. The Kier molecular flexibility index (Phi) is 6.55. The van der Waals surface area contributed by atoms with Crippen LogP contribution in [0.15, 0.2) is 76.5 Å². The number of nitrogens with zero attached hydrogens (tertiary/aromatic N) is 3. The van der Waals surface area contributed by atoms with Crippen molar-refractivity contribution in [3.05, 3.63) is 78.5 Å². The molecule has 0 unspecified atom stereocenters. The van der Waals surface area contributed by atoms with E-state index in [1.165, 1.54) is 17.8 Å². The second kappa shape index (κ2) is 9.69. The average molecular weight is 453 g/mol. The van der Waals surface area contributed by atoms with E-state index in [-0.39, 0.29) is 12.5 Å². The number of methoxy groups -OCH3 is 1. The lowest BCUT2D eigenvalue weighted by molar-refractivity contribution is -0.120. The standard InChI is InChI=1S/C23H21FN4O3S/c1-15(22(29)25-14-18-6-5-13-31-18)32-23-27-26-21(16-9-11-17(30-2)12-10-16)28(23)20-8-4-3-7-19(20)24/h3-13,15H,14H2,1-2H3,(H,25,29)/t15-/m1/s1. The van der Waals surface area contributed by atoms with Gasteiger partial charge in [-0.15, -0.1) is 10.2 Å². The van der Waals surface area contributed by atoms with Crippen molar-refractivity contribution in [1.29, 1.82) is 0 Å². The first kappa shape index (κ1) is 21.6. The van der Waals surface area contributed by atoms with E-state index in [1.54, 1.807) is 67.3 Å². The van der Waals surface area contributed by atoms with Gasteiger partial charge in [0.1, 0.15) is 17.3 Å². The number of rotatable bonds is 8. The Morgan fingerprint density at radius 2 is 1.94 bits per heavy atom. The van der Waals surface area contributed by atoms with Gasteiger partial charge in [0.2, 0.25) is 5.91 Å². The number of benzene rings is 2. The summed E-state index contributed by atoms with van der Waals surface area (Å²) < 4.78 is 26.8. The molecule has 1 amide bonds. The number of thioether (sulfide) groups is 1. The molecular weight excluding hydrogens is 431 g/mol. The molecule has 0 aliphatic carbocycles. The fraction of sp³-hybridized carbons (Fsp3) is 0.174. The number of furan rings is 1. The van der Waals surface area contributed by atoms with Crippen molar-refractivity contribution < 1.29 is 18.3 Å². The Bertz CT molecular complexity index is 1190. The summed E-state index contributed by atoms with van der Waals surface area (Å²) in [5.74, 6) is 1.21. The normalized spacial score (nSPS) is 11.8. The quantitative estimate of drug-likeness (QED) is 0.397. The van der Waals surface area contributed by atoms with E-state index >= 15 is 0 Å². The molecule has 2 heterocycles. The zero-order chi connectivity index (χ0) is 22.5. The molecule has 0 saturated carbocycles. The molecule has 9 heteroatoms. The molecule has 2 aromatic heterocycles. The SMILES string of the molecule is COc1ccc(-c2nnc(S[C@H](C)C(=O)NCc3ccco3)n2-c2ccccc2F)cc1. The van der Waals surface area contributed by atoms with Crippen LogP contribution in [0.1, 0.15) is 12.7 Å².